The minimum atomic E-state index is -0.0418. The second-order valence-electron chi connectivity index (χ2n) is 12.4. The van der Waals surface area contributed by atoms with Crippen molar-refractivity contribution in [1.29, 1.82) is 0 Å². The third kappa shape index (κ3) is 2.90. The summed E-state index contributed by atoms with van der Waals surface area (Å²) >= 11 is 0. The zero-order valence-corrected chi connectivity index (χ0v) is 22.6. The Kier molecular flexibility index (Phi) is 4.17. The summed E-state index contributed by atoms with van der Waals surface area (Å²) in [4.78, 5) is 0. The average molecular weight is 499 g/mol. The molecule has 0 heterocycles. The van der Waals surface area contributed by atoms with Crippen LogP contribution in [0.2, 0.25) is 0 Å². The molecule has 0 amide bonds. The fourth-order valence-corrected chi connectivity index (χ4v) is 7.98. The van der Waals surface area contributed by atoms with Gasteiger partial charge in [0.15, 0.2) is 0 Å². The summed E-state index contributed by atoms with van der Waals surface area (Å²) in [6, 6.07) is 37.2. The van der Waals surface area contributed by atoms with Gasteiger partial charge in [0.2, 0.25) is 0 Å². The van der Waals surface area contributed by atoms with E-state index in [2.05, 4.69) is 111 Å². The normalized spacial score (nSPS) is 15.7. The maximum atomic E-state index is 2.54. The second kappa shape index (κ2) is 7.48. The Balaban J connectivity index is 1.18. The van der Waals surface area contributed by atoms with Crippen molar-refractivity contribution in [2.45, 2.75) is 44.9 Å². The van der Waals surface area contributed by atoms with Crippen molar-refractivity contribution in [2.24, 2.45) is 0 Å². The topological polar surface area (TPSA) is 0 Å². The van der Waals surface area contributed by atoms with Gasteiger partial charge in [0, 0.05) is 5.41 Å². The third-order valence-corrected chi connectivity index (χ3v) is 10.0. The van der Waals surface area contributed by atoms with Gasteiger partial charge in [-0.2, -0.15) is 0 Å². The zero-order chi connectivity index (χ0) is 25.9. The molecule has 0 heteroatoms. The largest absolute Gasteiger partial charge is 0.0616 e. The van der Waals surface area contributed by atoms with Gasteiger partial charge in [-0.05, 0) is 132 Å². The van der Waals surface area contributed by atoms with Gasteiger partial charge in [-0.25, -0.2) is 0 Å². The summed E-state index contributed by atoms with van der Waals surface area (Å²) in [5, 5.41) is 5.76. The molecule has 0 bridgehead atoms. The van der Waals surface area contributed by atoms with Crippen LogP contribution in [-0.4, -0.2) is 0 Å². The molecule has 0 fully saturated rings. The summed E-state index contributed by atoms with van der Waals surface area (Å²) in [5.74, 6) is 0. The smallest absolute Gasteiger partial charge is 0.0159 e. The first kappa shape index (κ1) is 21.7. The van der Waals surface area contributed by atoms with Gasteiger partial charge in [0.05, 0.1) is 0 Å². The highest BCUT2D eigenvalue weighted by atomic mass is 14.4. The molecule has 0 saturated carbocycles. The van der Waals surface area contributed by atoms with Gasteiger partial charge in [-0.1, -0.05) is 92.7 Å². The van der Waals surface area contributed by atoms with E-state index in [9.17, 15) is 0 Å². The minimum Gasteiger partial charge on any atom is -0.0616 e. The van der Waals surface area contributed by atoms with Gasteiger partial charge < -0.3 is 0 Å². The Labute approximate surface area is 230 Å². The summed E-state index contributed by atoms with van der Waals surface area (Å²) in [7, 11) is 0. The van der Waals surface area contributed by atoms with Crippen LogP contribution in [0.4, 0.5) is 0 Å². The summed E-state index contributed by atoms with van der Waals surface area (Å²) in [5.41, 5.74) is 17.4. The molecule has 3 aliphatic rings. The van der Waals surface area contributed by atoms with Gasteiger partial charge in [0.25, 0.3) is 0 Å². The van der Waals surface area contributed by atoms with Crippen molar-refractivity contribution in [1.82, 2.24) is 0 Å². The lowest BCUT2D eigenvalue weighted by Gasteiger charge is -2.23. The highest BCUT2D eigenvalue weighted by Gasteiger charge is 2.36. The van der Waals surface area contributed by atoms with Crippen LogP contribution in [0.1, 0.15) is 47.2 Å². The Morgan fingerprint density at radius 1 is 0.462 bits per heavy atom. The average Bonchev–Trinajstić information content (AvgIpc) is 3.64. The van der Waals surface area contributed by atoms with Crippen molar-refractivity contribution >= 4 is 21.5 Å². The lowest BCUT2D eigenvalue weighted by atomic mass is 9.80. The maximum Gasteiger partial charge on any atom is 0.0159 e. The fraction of sp³-hybridized carbons (Fsp3) is 0.179. The van der Waals surface area contributed by atoms with Gasteiger partial charge in [-0.3, -0.25) is 0 Å². The third-order valence-electron chi connectivity index (χ3n) is 10.0. The molecule has 186 valence electrons. The molecule has 0 spiro atoms. The van der Waals surface area contributed by atoms with Crippen LogP contribution in [0.15, 0.2) is 97.1 Å². The molecule has 0 unspecified atom stereocenters. The minimum absolute atomic E-state index is 0.0418. The van der Waals surface area contributed by atoms with E-state index >= 15 is 0 Å². The predicted octanol–water partition coefficient (Wildman–Crippen LogP) is 9.83. The van der Waals surface area contributed by atoms with Gasteiger partial charge in [0.1, 0.15) is 0 Å². The highest BCUT2D eigenvalue weighted by Crippen LogP contribution is 2.52. The molecule has 0 radical (unpaired) electrons. The number of benzene rings is 6. The van der Waals surface area contributed by atoms with E-state index in [0.29, 0.717) is 0 Å². The van der Waals surface area contributed by atoms with Crippen LogP contribution in [0.25, 0.3) is 54.9 Å². The maximum absolute atomic E-state index is 2.54. The molecule has 0 aliphatic heterocycles. The number of hydrogen-bond acceptors (Lipinski definition) is 0. The lowest BCUT2D eigenvalue weighted by Crippen LogP contribution is -2.15. The molecule has 6 aromatic rings. The summed E-state index contributed by atoms with van der Waals surface area (Å²) in [6.07, 6.45) is 4.73. The number of aryl methyl sites for hydroxylation is 4. The molecule has 0 nitrogen and oxygen atoms in total. The van der Waals surface area contributed by atoms with E-state index in [1.165, 1.54) is 81.0 Å². The Morgan fingerprint density at radius 3 is 1.90 bits per heavy atom. The van der Waals surface area contributed by atoms with Crippen molar-refractivity contribution in [3.63, 3.8) is 0 Å². The highest BCUT2D eigenvalue weighted by molar-refractivity contribution is 6.01. The molecule has 39 heavy (non-hydrogen) atoms. The standard InChI is InChI=1S/C39H30/c1-39(2)35-21-28(27-11-7-23-5-3-4-6-26(23)19-27)14-16-31(35)32-17-15-29(22-36(32)39)34-20-30-12-10-24-8-9-25-13-18-33(34)38(25)37(24)30/h3-9,11,14-17,19-22H,10,12-13,18H2,1-2H3. The van der Waals surface area contributed by atoms with Gasteiger partial charge >= 0.3 is 0 Å². The molecular weight excluding hydrogens is 468 g/mol. The number of rotatable bonds is 2. The predicted molar refractivity (Wildman–Crippen MR) is 165 cm³/mol. The molecule has 6 aromatic carbocycles. The molecule has 0 atom stereocenters. The zero-order valence-electron chi connectivity index (χ0n) is 22.6. The SMILES string of the molecule is CC1(C)c2cc(-c3ccc4ccccc4c3)ccc2-c2ccc(-c3cc4c5c(ccc6c5c3CC6)CC4)cc21. The molecule has 3 aliphatic carbocycles. The van der Waals surface area contributed by atoms with E-state index in [1.807, 2.05) is 0 Å². The molecule has 9 rings (SSSR count). The van der Waals surface area contributed by atoms with Gasteiger partial charge in [-0.15, -0.1) is 0 Å². The number of hydrogen-bond donors (Lipinski definition) is 0. The quantitative estimate of drug-likeness (QED) is 0.223. The van der Waals surface area contributed by atoms with Crippen LogP contribution in [-0.2, 0) is 31.1 Å². The molecule has 0 saturated heterocycles. The van der Waals surface area contributed by atoms with E-state index in [-0.39, 0.29) is 5.41 Å². The molecule has 0 aromatic heterocycles. The van der Waals surface area contributed by atoms with Crippen LogP contribution >= 0.6 is 0 Å². The second-order valence-corrected chi connectivity index (χ2v) is 12.4. The van der Waals surface area contributed by atoms with Crippen molar-refractivity contribution in [3.05, 3.63) is 130 Å². The summed E-state index contributed by atoms with van der Waals surface area (Å²) < 4.78 is 0. The van der Waals surface area contributed by atoms with Crippen molar-refractivity contribution in [2.75, 3.05) is 0 Å². The Morgan fingerprint density at radius 2 is 1.08 bits per heavy atom. The van der Waals surface area contributed by atoms with E-state index in [4.69, 9.17) is 0 Å². The lowest BCUT2D eigenvalue weighted by molar-refractivity contribution is 0.661. The fourth-order valence-electron chi connectivity index (χ4n) is 7.98. The Hall–Kier alpha value is -4.16. The molecule has 0 N–H and O–H groups in total. The summed E-state index contributed by atoms with van der Waals surface area (Å²) in [6.45, 7) is 4.82. The Bertz CT molecular complexity index is 2030. The van der Waals surface area contributed by atoms with Crippen molar-refractivity contribution in [3.8, 4) is 33.4 Å². The monoisotopic (exact) mass is 498 g/mol. The first-order chi connectivity index (χ1) is 19.1. The van der Waals surface area contributed by atoms with Crippen molar-refractivity contribution < 1.29 is 0 Å². The van der Waals surface area contributed by atoms with Crippen LogP contribution in [0.5, 0.6) is 0 Å². The first-order valence-corrected chi connectivity index (χ1v) is 14.4. The van der Waals surface area contributed by atoms with Crippen LogP contribution in [0, 0.1) is 0 Å². The number of fused-ring (bicyclic) bond motifs is 4. The first-order valence-electron chi connectivity index (χ1n) is 14.4. The van der Waals surface area contributed by atoms with Crippen LogP contribution in [0.3, 0.4) is 0 Å². The van der Waals surface area contributed by atoms with E-state index in [0.717, 1.165) is 0 Å². The molecular formula is C39H30. The van der Waals surface area contributed by atoms with Crippen LogP contribution < -0.4 is 0 Å². The van der Waals surface area contributed by atoms with E-state index in [1.54, 1.807) is 33.0 Å². The van der Waals surface area contributed by atoms with E-state index < -0.39 is 0 Å².